The maximum atomic E-state index is 12.2. The molecule has 21 heavy (non-hydrogen) atoms. The van der Waals surface area contributed by atoms with Crippen molar-refractivity contribution in [1.29, 1.82) is 0 Å². The van der Waals surface area contributed by atoms with Gasteiger partial charge in [0.05, 0.1) is 5.02 Å². The maximum Gasteiger partial charge on any atom is 0.287 e. The van der Waals surface area contributed by atoms with Gasteiger partial charge in [-0.3, -0.25) is 4.79 Å². The molecule has 1 radical (unpaired) electrons. The Balaban J connectivity index is 0.00000220. The number of hydrogen-bond donors (Lipinski definition) is 1. The van der Waals surface area contributed by atoms with E-state index in [0.717, 1.165) is 0 Å². The number of hydrogen-bond acceptors (Lipinski definition) is 5. The van der Waals surface area contributed by atoms with E-state index in [4.69, 9.17) is 16.1 Å². The third-order valence-electron chi connectivity index (χ3n) is 2.52. The Bertz CT molecular complexity index is 753. The Morgan fingerprint density at radius 1 is 1.33 bits per heavy atom. The maximum absolute atomic E-state index is 12.2. The number of amides is 1. The number of rotatable bonds is 3. The van der Waals surface area contributed by atoms with E-state index in [0.29, 0.717) is 11.3 Å². The minimum absolute atomic E-state index is 0. The summed E-state index contributed by atoms with van der Waals surface area (Å²) >= 11 is 5.88. The summed E-state index contributed by atoms with van der Waals surface area (Å²) in [4.78, 5) is 11.7. The van der Waals surface area contributed by atoms with Crippen LogP contribution < -0.4 is 4.72 Å². The van der Waals surface area contributed by atoms with Crippen molar-refractivity contribution in [3.63, 3.8) is 0 Å². The molecular formula is C12H11ClN2NaO4S. The van der Waals surface area contributed by atoms with Gasteiger partial charge >= 0.3 is 0 Å². The molecule has 9 heteroatoms. The van der Waals surface area contributed by atoms with Gasteiger partial charge in [0.1, 0.15) is 10.7 Å². The van der Waals surface area contributed by atoms with Gasteiger partial charge in [0.2, 0.25) is 0 Å². The molecule has 0 aliphatic rings. The quantitative estimate of drug-likeness (QED) is 0.861. The topological polar surface area (TPSA) is 89.3 Å². The van der Waals surface area contributed by atoms with Crippen molar-refractivity contribution in [2.75, 3.05) is 0 Å². The zero-order valence-electron chi connectivity index (χ0n) is 11.7. The van der Waals surface area contributed by atoms with Crippen LogP contribution in [0.5, 0.6) is 0 Å². The van der Waals surface area contributed by atoms with Gasteiger partial charge in [0, 0.05) is 35.6 Å². The molecule has 0 atom stereocenters. The molecule has 0 unspecified atom stereocenters. The second-order valence-electron chi connectivity index (χ2n) is 4.14. The molecule has 1 aromatic carbocycles. The summed E-state index contributed by atoms with van der Waals surface area (Å²) in [7, 11) is -4.07. The van der Waals surface area contributed by atoms with E-state index in [1.807, 2.05) is 4.72 Å². The number of nitrogens with zero attached hydrogens (tertiary/aromatic N) is 1. The average Bonchev–Trinajstić information content (AvgIpc) is 2.74. The zero-order chi connectivity index (χ0) is 14.9. The summed E-state index contributed by atoms with van der Waals surface area (Å²) in [6.07, 6.45) is 0. The average molecular weight is 338 g/mol. The predicted octanol–water partition coefficient (Wildman–Crippen LogP) is 1.68. The largest absolute Gasteiger partial charge is 0.361 e. The van der Waals surface area contributed by atoms with Gasteiger partial charge in [-0.15, -0.1) is 0 Å². The van der Waals surface area contributed by atoms with E-state index in [2.05, 4.69) is 5.16 Å². The molecule has 2 aromatic rings. The van der Waals surface area contributed by atoms with Gasteiger partial charge in [0.15, 0.2) is 5.69 Å². The van der Waals surface area contributed by atoms with E-state index < -0.39 is 15.9 Å². The third kappa shape index (κ3) is 4.08. The monoisotopic (exact) mass is 337 g/mol. The molecule has 6 nitrogen and oxygen atoms in total. The minimum Gasteiger partial charge on any atom is -0.361 e. The number of carbonyl (C=O) groups is 1. The van der Waals surface area contributed by atoms with E-state index in [9.17, 15) is 13.2 Å². The summed E-state index contributed by atoms with van der Waals surface area (Å²) in [6, 6.07) is 5.99. The van der Waals surface area contributed by atoms with Gasteiger partial charge in [-0.2, -0.15) is 0 Å². The van der Waals surface area contributed by atoms with Crippen molar-refractivity contribution in [2.45, 2.75) is 18.7 Å². The van der Waals surface area contributed by atoms with Crippen LogP contribution >= 0.6 is 11.6 Å². The van der Waals surface area contributed by atoms with Crippen LogP contribution in [-0.4, -0.2) is 49.0 Å². The van der Waals surface area contributed by atoms with Gasteiger partial charge in [0.25, 0.3) is 15.9 Å². The predicted molar refractivity (Wildman–Crippen MR) is 77.8 cm³/mol. The van der Waals surface area contributed by atoms with Crippen LogP contribution in [0.4, 0.5) is 0 Å². The summed E-state index contributed by atoms with van der Waals surface area (Å²) in [5.41, 5.74) is 0.324. The second-order valence-corrected chi connectivity index (χ2v) is 6.17. The molecule has 1 heterocycles. The molecule has 0 fully saturated rings. The Kier molecular flexibility index (Phi) is 6.01. The summed E-state index contributed by atoms with van der Waals surface area (Å²) in [5, 5.41) is 3.50. The zero-order valence-corrected chi connectivity index (χ0v) is 15.2. The molecule has 0 aliphatic heterocycles. The summed E-state index contributed by atoms with van der Waals surface area (Å²) < 4.78 is 31.0. The van der Waals surface area contributed by atoms with Crippen molar-refractivity contribution in [3.8, 4) is 0 Å². The van der Waals surface area contributed by atoms with Crippen molar-refractivity contribution < 1.29 is 17.7 Å². The number of carbonyl (C=O) groups excluding carboxylic acids is 1. The molecular weight excluding hydrogens is 327 g/mol. The fraction of sp³-hybridized carbons (Fsp3) is 0.167. The second kappa shape index (κ2) is 6.93. The molecule has 1 amide bonds. The molecule has 0 aliphatic carbocycles. The van der Waals surface area contributed by atoms with E-state index >= 15 is 0 Å². The van der Waals surface area contributed by atoms with Crippen molar-refractivity contribution in [1.82, 2.24) is 9.88 Å². The molecule has 1 aromatic heterocycles. The van der Waals surface area contributed by atoms with E-state index in [-0.39, 0.29) is 45.2 Å². The number of aryl methyl sites for hydroxylation is 2. The number of benzene rings is 1. The Labute approximate surface area is 149 Å². The fourth-order valence-electron chi connectivity index (χ4n) is 1.66. The van der Waals surface area contributed by atoms with E-state index in [1.165, 1.54) is 12.1 Å². The van der Waals surface area contributed by atoms with Crippen LogP contribution in [0.25, 0.3) is 0 Å². The summed E-state index contributed by atoms with van der Waals surface area (Å²) in [5.74, 6) is -0.470. The van der Waals surface area contributed by atoms with Crippen molar-refractivity contribution in [2.24, 2.45) is 0 Å². The first kappa shape index (κ1) is 18.2. The smallest absolute Gasteiger partial charge is 0.287 e. The first-order valence-corrected chi connectivity index (χ1v) is 7.43. The SMILES string of the molecule is Cc1cc(C(=O)NS(=O)(=O)c2c(C)cccc2Cl)no1.[Na]. The molecule has 0 spiro atoms. The van der Waals surface area contributed by atoms with Crippen LogP contribution in [0, 0.1) is 13.8 Å². The number of nitrogens with one attached hydrogen (secondary N) is 1. The number of aromatic nitrogens is 1. The van der Waals surface area contributed by atoms with Gasteiger partial charge in [-0.25, -0.2) is 13.1 Å². The minimum atomic E-state index is -4.07. The van der Waals surface area contributed by atoms with Crippen LogP contribution in [0.15, 0.2) is 33.7 Å². The number of halogens is 1. The molecule has 0 bridgehead atoms. The normalized spacial score (nSPS) is 10.8. The van der Waals surface area contributed by atoms with Crippen LogP contribution in [0.3, 0.4) is 0 Å². The Morgan fingerprint density at radius 3 is 2.52 bits per heavy atom. The Morgan fingerprint density at radius 2 is 2.00 bits per heavy atom. The van der Waals surface area contributed by atoms with Gasteiger partial charge in [-0.05, 0) is 25.5 Å². The van der Waals surface area contributed by atoms with Gasteiger partial charge in [-0.1, -0.05) is 28.9 Å². The molecule has 0 saturated carbocycles. The first-order valence-electron chi connectivity index (χ1n) is 5.57. The standard InChI is InChI=1S/C12H11ClN2O4S.Na/c1-7-4-3-5-9(13)11(7)20(17,18)15-12(16)10-6-8(2)19-14-10;/h3-6H,1-2H3,(H,15,16);. The summed E-state index contributed by atoms with van der Waals surface area (Å²) in [6.45, 7) is 3.18. The van der Waals surface area contributed by atoms with E-state index in [1.54, 1.807) is 26.0 Å². The van der Waals surface area contributed by atoms with Crippen LogP contribution in [0.1, 0.15) is 21.8 Å². The fourth-order valence-corrected chi connectivity index (χ4v) is 3.45. The third-order valence-corrected chi connectivity index (χ3v) is 4.48. The first-order chi connectivity index (χ1) is 9.31. The van der Waals surface area contributed by atoms with Crippen molar-refractivity contribution >= 4 is 57.1 Å². The molecule has 0 saturated heterocycles. The Hall–Kier alpha value is -0.860. The molecule has 1 N–H and O–H groups in total. The van der Waals surface area contributed by atoms with Crippen molar-refractivity contribution in [3.05, 3.63) is 46.3 Å². The molecule has 2 rings (SSSR count). The molecule has 107 valence electrons. The van der Waals surface area contributed by atoms with Crippen LogP contribution in [0.2, 0.25) is 5.02 Å². The van der Waals surface area contributed by atoms with Gasteiger partial charge < -0.3 is 4.52 Å². The van der Waals surface area contributed by atoms with Crippen LogP contribution in [-0.2, 0) is 10.0 Å². The number of sulfonamides is 1.